The highest BCUT2D eigenvalue weighted by atomic mass is 35.5. The molecule has 2 aromatic rings. The molecule has 1 aromatic heterocycles. The molecule has 0 saturated carbocycles. The summed E-state index contributed by atoms with van der Waals surface area (Å²) < 4.78 is 1.64. The van der Waals surface area contributed by atoms with Gasteiger partial charge in [0.15, 0.2) is 11.4 Å². The summed E-state index contributed by atoms with van der Waals surface area (Å²) in [6, 6.07) is 7.49. The Morgan fingerprint density at radius 3 is 2.95 bits per heavy atom. The molecule has 0 aliphatic heterocycles. The Hall–Kier alpha value is -1.97. The number of hydrogen-bond acceptors (Lipinski definition) is 4. The zero-order valence-corrected chi connectivity index (χ0v) is 11.6. The van der Waals surface area contributed by atoms with Crippen LogP contribution in [0.4, 0.5) is 5.69 Å². The van der Waals surface area contributed by atoms with E-state index in [2.05, 4.69) is 15.4 Å². The third-order valence-electron chi connectivity index (χ3n) is 2.26. The van der Waals surface area contributed by atoms with Crippen molar-refractivity contribution in [3.63, 3.8) is 0 Å². The van der Waals surface area contributed by atoms with Gasteiger partial charge in [0.2, 0.25) is 0 Å². The summed E-state index contributed by atoms with van der Waals surface area (Å²) in [6.45, 7) is 0. The Balaban J connectivity index is 2.45. The average molecular weight is 292 g/mol. The van der Waals surface area contributed by atoms with Crippen LogP contribution in [0.3, 0.4) is 0 Å². The predicted octanol–water partition coefficient (Wildman–Crippen LogP) is 2.95. The molecule has 0 saturated heterocycles. The van der Waals surface area contributed by atoms with Crippen molar-refractivity contribution in [1.82, 2.24) is 15.1 Å². The lowest BCUT2D eigenvalue weighted by Gasteiger charge is -2.06. The van der Waals surface area contributed by atoms with Crippen molar-refractivity contribution in [2.24, 2.45) is 4.99 Å². The van der Waals surface area contributed by atoms with Gasteiger partial charge in [-0.15, -0.1) is 0 Å². The number of hydrogen-bond donors (Lipinski definition) is 1. The molecule has 5 nitrogen and oxygen atoms in total. The summed E-state index contributed by atoms with van der Waals surface area (Å²) in [4.78, 5) is 4.39. The van der Waals surface area contributed by atoms with Gasteiger partial charge in [-0.3, -0.25) is 5.32 Å². The topological polar surface area (TPSA) is 66.0 Å². The fourth-order valence-electron chi connectivity index (χ4n) is 1.47. The lowest BCUT2D eigenvalue weighted by Crippen LogP contribution is -2.12. The molecule has 0 unspecified atom stereocenters. The summed E-state index contributed by atoms with van der Waals surface area (Å²) in [5.41, 5.74) is 1.50. The molecular weight excluding hydrogens is 282 g/mol. The molecule has 96 valence electrons. The maximum absolute atomic E-state index is 8.65. The zero-order chi connectivity index (χ0) is 13.7. The molecule has 0 atom stereocenters. The fraction of sp³-hybridized carbons (Fsp3) is 0.0833. The molecule has 0 amide bonds. The molecule has 0 aliphatic rings. The van der Waals surface area contributed by atoms with Crippen molar-refractivity contribution in [2.45, 2.75) is 0 Å². The summed E-state index contributed by atoms with van der Waals surface area (Å²) >= 11 is 7.23. The van der Waals surface area contributed by atoms with E-state index in [-0.39, 0.29) is 0 Å². The predicted molar refractivity (Wildman–Crippen MR) is 77.9 cm³/mol. The lowest BCUT2D eigenvalue weighted by molar-refractivity contribution is 0.880. The van der Waals surface area contributed by atoms with E-state index in [0.29, 0.717) is 15.9 Å². The summed E-state index contributed by atoms with van der Waals surface area (Å²) in [7, 11) is 0. The number of nitrogens with one attached hydrogen (secondary N) is 1. The molecule has 7 heteroatoms. The number of thioether (sulfide) groups is 1. The average Bonchev–Trinajstić information content (AvgIpc) is 2.85. The normalized spacial score (nSPS) is 11.1. The SMILES string of the molecule is CSC(=Nc1ccccc1-n1cc(Cl)cn1)NC#N. The minimum atomic E-state index is 0.521. The molecular formula is C12H10ClN5S. The number of benzene rings is 1. The monoisotopic (exact) mass is 291 g/mol. The largest absolute Gasteiger partial charge is 0.271 e. The minimum Gasteiger partial charge on any atom is -0.271 e. The van der Waals surface area contributed by atoms with E-state index in [1.165, 1.54) is 11.8 Å². The number of nitrogens with zero attached hydrogens (tertiary/aromatic N) is 4. The first-order chi connectivity index (χ1) is 9.24. The van der Waals surface area contributed by atoms with E-state index < -0.39 is 0 Å². The molecule has 0 fully saturated rings. The van der Waals surface area contributed by atoms with Crippen LogP contribution in [-0.4, -0.2) is 21.2 Å². The van der Waals surface area contributed by atoms with Crippen LogP contribution in [0.25, 0.3) is 5.69 Å². The van der Waals surface area contributed by atoms with Gasteiger partial charge in [0.1, 0.15) is 0 Å². The van der Waals surface area contributed by atoms with Gasteiger partial charge in [-0.25, -0.2) is 9.67 Å². The third-order valence-corrected chi connectivity index (χ3v) is 3.03. The number of aliphatic imine (C=N–C) groups is 1. The molecule has 2 rings (SSSR count). The maximum Gasteiger partial charge on any atom is 0.183 e. The Morgan fingerprint density at radius 1 is 1.53 bits per heavy atom. The van der Waals surface area contributed by atoms with Gasteiger partial charge in [-0.2, -0.15) is 10.4 Å². The van der Waals surface area contributed by atoms with Gasteiger partial charge in [-0.05, 0) is 18.4 Å². The van der Waals surface area contributed by atoms with Crippen molar-refractivity contribution in [1.29, 1.82) is 5.26 Å². The van der Waals surface area contributed by atoms with Gasteiger partial charge in [0, 0.05) is 6.20 Å². The Bertz CT molecular complexity index is 644. The first-order valence-corrected chi connectivity index (χ1v) is 6.92. The van der Waals surface area contributed by atoms with Crippen LogP contribution < -0.4 is 5.32 Å². The highest BCUT2D eigenvalue weighted by molar-refractivity contribution is 8.13. The Kier molecular flexibility index (Phi) is 4.44. The van der Waals surface area contributed by atoms with Crippen LogP contribution >= 0.6 is 23.4 Å². The second-order valence-corrected chi connectivity index (χ2v) is 4.68. The van der Waals surface area contributed by atoms with E-state index in [4.69, 9.17) is 16.9 Å². The zero-order valence-electron chi connectivity index (χ0n) is 10.0. The molecule has 19 heavy (non-hydrogen) atoms. The molecule has 0 bridgehead atoms. The molecule has 0 aliphatic carbocycles. The van der Waals surface area contributed by atoms with Crippen molar-refractivity contribution < 1.29 is 0 Å². The standard InChI is InChI=1S/C12H10ClN5S/c1-19-12(15-8-14)17-10-4-2-3-5-11(10)18-7-9(13)6-16-18/h2-7H,1H3,(H,15,17). The van der Waals surface area contributed by atoms with Gasteiger partial charge >= 0.3 is 0 Å². The van der Waals surface area contributed by atoms with Gasteiger partial charge in [-0.1, -0.05) is 35.5 Å². The van der Waals surface area contributed by atoms with E-state index in [9.17, 15) is 0 Å². The summed E-state index contributed by atoms with van der Waals surface area (Å²) in [6.07, 6.45) is 6.96. The number of para-hydroxylation sites is 2. The quantitative estimate of drug-likeness (QED) is 0.400. The molecule has 1 N–H and O–H groups in total. The van der Waals surface area contributed by atoms with Crippen LogP contribution in [-0.2, 0) is 0 Å². The van der Waals surface area contributed by atoms with E-state index >= 15 is 0 Å². The molecule has 0 radical (unpaired) electrons. The summed E-state index contributed by atoms with van der Waals surface area (Å²) in [5.74, 6) is 0. The second-order valence-electron chi connectivity index (χ2n) is 3.45. The number of halogens is 1. The van der Waals surface area contributed by atoms with Gasteiger partial charge in [0.25, 0.3) is 0 Å². The van der Waals surface area contributed by atoms with Crippen LogP contribution in [0, 0.1) is 11.5 Å². The number of nitriles is 1. The highest BCUT2D eigenvalue weighted by Crippen LogP contribution is 2.24. The Labute approximate surface area is 119 Å². The van der Waals surface area contributed by atoms with Crippen molar-refractivity contribution in [3.8, 4) is 11.9 Å². The van der Waals surface area contributed by atoms with Crippen LogP contribution in [0.5, 0.6) is 0 Å². The number of amidine groups is 1. The van der Waals surface area contributed by atoms with E-state index in [1.807, 2.05) is 36.7 Å². The number of rotatable bonds is 2. The van der Waals surface area contributed by atoms with Crippen molar-refractivity contribution >= 4 is 34.2 Å². The maximum atomic E-state index is 8.65. The fourth-order valence-corrected chi connectivity index (χ4v) is 1.94. The van der Waals surface area contributed by atoms with Crippen LogP contribution in [0.15, 0.2) is 41.7 Å². The van der Waals surface area contributed by atoms with Crippen LogP contribution in [0.2, 0.25) is 5.02 Å². The van der Waals surface area contributed by atoms with Crippen molar-refractivity contribution in [2.75, 3.05) is 6.26 Å². The third kappa shape index (κ3) is 3.28. The van der Waals surface area contributed by atoms with Gasteiger partial charge in [0.05, 0.1) is 22.6 Å². The molecule has 1 heterocycles. The second kappa shape index (κ2) is 6.27. The van der Waals surface area contributed by atoms with E-state index in [1.54, 1.807) is 17.1 Å². The first kappa shape index (κ1) is 13.5. The summed E-state index contributed by atoms with van der Waals surface area (Å²) in [5, 5.41) is 16.4. The lowest BCUT2D eigenvalue weighted by atomic mass is 10.3. The Morgan fingerprint density at radius 2 is 2.32 bits per heavy atom. The van der Waals surface area contributed by atoms with Crippen molar-refractivity contribution in [3.05, 3.63) is 41.7 Å². The molecule has 1 aromatic carbocycles. The van der Waals surface area contributed by atoms with Gasteiger partial charge < -0.3 is 0 Å². The number of aromatic nitrogens is 2. The minimum absolute atomic E-state index is 0.521. The molecule has 0 spiro atoms. The first-order valence-electron chi connectivity index (χ1n) is 5.32. The van der Waals surface area contributed by atoms with Crippen LogP contribution in [0.1, 0.15) is 0 Å². The van der Waals surface area contributed by atoms with E-state index in [0.717, 1.165) is 5.69 Å². The highest BCUT2D eigenvalue weighted by Gasteiger charge is 2.06. The smallest absolute Gasteiger partial charge is 0.183 e.